The molecule has 15 heteroatoms. The molecule has 1 aromatic carbocycles. The molecule has 0 heterocycles. The number of benzene rings is 1. The number of halogens is 9. The Morgan fingerprint density at radius 2 is 1.52 bits per heavy atom. The summed E-state index contributed by atoms with van der Waals surface area (Å²) < 4.78 is 134. The number of ether oxygens (including phenoxy) is 3. The number of rotatable bonds is 15. The van der Waals surface area contributed by atoms with Crippen LogP contribution >= 0.6 is 21.6 Å². The maximum absolute atomic E-state index is 13.1. The monoisotopic (exact) mass is 712 g/mol. The number of aliphatic hydroxyl groups is 1. The van der Waals surface area contributed by atoms with E-state index >= 15 is 0 Å². The third-order valence-electron chi connectivity index (χ3n) is 9.89. The number of unbranched alkanes of at least 4 members (excludes halogenated alkanes) is 1. The number of hydrogen-bond donors (Lipinski definition) is 1. The van der Waals surface area contributed by atoms with E-state index in [1.807, 2.05) is 6.07 Å². The van der Waals surface area contributed by atoms with Crippen LogP contribution in [-0.2, 0) is 15.9 Å². The quantitative estimate of drug-likeness (QED) is 0.111. The maximum atomic E-state index is 13.1. The minimum Gasteiger partial charge on any atom is -0.493 e. The number of aryl methyl sites for hydroxylation is 1. The molecule has 0 bridgehead atoms. The van der Waals surface area contributed by atoms with Crippen LogP contribution in [0.1, 0.15) is 75.3 Å². The molecule has 0 spiro atoms. The minimum absolute atomic E-state index is 0.220. The summed E-state index contributed by atoms with van der Waals surface area (Å²) in [6, 6.07) is 6.31. The van der Waals surface area contributed by atoms with Gasteiger partial charge in [0.1, 0.15) is 5.75 Å². The highest BCUT2D eigenvalue weighted by atomic mass is 33.1. The second kappa shape index (κ2) is 15.2. The highest BCUT2D eigenvalue weighted by Crippen LogP contribution is 2.62. The van der Waals surface area contributed by atoms with E-state index in [0.717, 1.165) is 62.2 Å². The summed E-state index contributed by atoms with van der Waals surface area (Å²) in [5.41, 5.74) is -3.89. The first-order valence-electron chi connectivity index (χ1n) is 15.6. The molecule has 0 radical (unpaired) electrons. The topological polar surface area (TPSA) is 47.9 Å². The molecular weight excluding hydrogens is 671 g/mol. The fourth-order valence-electron chi connectivity index (χ4n) is 7.70. The summed E-state index contributed by atoms with van der Waals surface area (Å²) in [5, 5.41) is 8.84. The molecule has 0 saturated heterocycles. The third kappa shape index (κ3) is 7.89. The van der Waals surface area contributed by atoms with Crippen LogP contribution in [0.15, 0.2) is 18.2 Å². The van der Waals surface area contributed by atoms with Gasteiger partial charge in [0, 0.05) is 24.7 Å². The lowest BCUT2D eigenvalue weighted by atomic mass is 9.55. The standard InChI is InChI=1S/C31H41F9O4S2/c1-27-12-11-23-22-8-6-21(42-16-18-46-45-17-3-2-13-41)19-20(22)5-7-24(23)25(27)9-10-26(27)43-14-4-15-44-28(29(32,33)34,30(35,36)37)31(38,39)40/h6,8,19,23-26,41H,2-5,7,9-18H2,1H3/t23-,24-,25+,26+,27+/m1/s1. The molecule has 3 aliphatic carbocycles. The zero-order valence-corrected chi connectivity index (χ0v) is 27.2. The Morgan fingerprint density at radius 3 is 2.20 bits per heavy atom. The first-order chi connectivity index (χ1) is 21.6. The summed E-state index contributed by atoms with van der Waals surface area (Å²) in [5.74, 6) is 3.79. The fourth-order valence-corrected chi connectivity index (χ4v) is 9.67. The average molecular weight is 713 g/mol. The molecule has 46 heavy (non-hydrogen) atoms. The van der Waals surface area contributed by atoms with Gasteiger partial charge in [0.25, 0.3) is 0 Å². The van der Waals surface area contributed by atoms with Gasteiger partial charge in [-0.15, -0.1) is 0 Å². The molecule has 0 amide bonds. The van der Waals surface area contributed by atoms with Crippen LogP contribution in [0.5, 0.6) is 5.75 Å². The summed E-state index contributed by atoms with van der Waals surface area (Å²) >= 11 is 0. The third-order valence-corrected chi connectivity index (χ3v) is 12.3. The number of alkyl halides is 9. The largest absolute Gasteiger partial charge is 0.493 e. The lowest BCUT2D eigenvalue weighted by molar-refractivity contribution is -0.457. The van der Waals surface area contributed by atoms with Crippen LogP contribution in [0.25, 0.3) is 0 Å². The van der Waals surface area contributed by atoms with Crippen LogP contribution in [-0.4, -0.2) is 73.3 Å². The number of aliphatic hydroxyl groups excluding tert-OH is 1. The highest BCUT2D eigenvalue weighted by Gasteiger charge is 2.85. The highest BCUT2D eigenvalue weighted by molar-refractivity contribution is 8.76. The van der Waals surface area contributed by atoms with Crippen LogP contribution in [0.4, 0.5) is 39.5 Å². The van der Waals surface area contributed by atoms with E-state index in [9.17, 15) is 39.5 Å². The van der Waals surface area contributed by atoms with Crippen LogP contribution in [0, 0.1) is 17.3 Å². The molecule has 2 fully saturated rings. The summed E-state index contributed by atoms with van der Waals surface area (Å²) in [4.78, 5) is 0. The molecule has 0 aliphatic heterocycles. The predicted molar refractivity (Wildman–Crippen MR) is 159 cm³/mol. The maximum Gasteiger partial charge on any atom is 0.435 e. The molecule has 5 atom stereocenters. The van der Waals surface area contributed by atoms with E-state index in [4.69, 9.17) is 14.6 Å². The van der Waals surface area contributed by atoms with Crippen molar-refractivity contribution in [1.82, 2.24) is 0 Å². The molecule has 4 nitrogen and oxygen atoms in total. The van der Waals surface area contributed by atoms with Crippen LogP contribution < -0.4 is 4.74 Å². The van der Waals surface area contributed by atoms with Gasteiger partial charge in [-0.2, -0.15) is 39.5 Å². The Balaban J connectivity index is 1.28. The van der Waals surface area contributed by atoms with Gasteiger partial charge < -0.3 is 19.3 Å². The van der Waals surface area contributed by atoms with E-state index in [2.05, 4.69) is 23.8 Å². The Kier molecular flexibility index (Phi) is 12.5. The number of hydrogen-bond acceptors (Lipinski definition) is 6. The molecule has 2 saturated carbocycles. The van der Waals surface area contributed by atoms with Gasteiger partial charge in [0.2, 0.25) is 0 Å². The van der Waals surface area contributed by atoms with Crippen molar-refractivity contribution in [3.63, 3.8) is 0 Å². The first kappa shape index (κ1) is 37.8. The van der Waals surface area contributed by atoms with Gasteiger partial charge in [0.05, 0.1) is 19.3 Å². The molecule has 1 aromatic rings. The molecule has 0 unspecified atom stereocenters. The lowest BCUT2D eigenvalue weighted by Crippen LogP contribution is -2.67. The van der Waals surface area contributed by atoms with Crippen molar-refractivity contribution in [2.45, 2.75) is 101 Å². The van der Waals surface area contributed by atoms with Gasteiger partial charge in [-0.25, -0.2) is 0 Å². The van der Waals surface area contributed by atoms with Crippen LogP contribution in [0.2, 0.25) is 0 Å². The Hall–Kier alpha value is -1.03. The Morgan fingerprint density at radius 1 is 0.826 bits per heavy atom. The van der Waals surface area contributed by atoms with Gasteiger partial charge in [-0.3, -0.25) is 0 Å². The molecule has 4 rings (SSSR count). The van der Waals surface area contributed by atoms with E-state index in [1.54, 1.807) is 21.6 Å². The molecule has 0 aromatic heterocycles. The van der Waals surface area contributed by atoms with Crippen molar-refractivity contribution in [2.75, 3.05) is 37.9 Å². The average Bonchev–Trinajstić information content (AvgIpc) is 3.30. The number of fused-ring (bicyclic) bond motifs is 5. The van der Waals surface area contributed by atoms with Gasteiger partial charge in [0.15, 0.2) is 0 Å². The summed E-state index contributed by atoms with van der Waals surface area (Å²) in [7, 11) is 3.54. The van der Waals surface area contributed by atoms with E-state index < -0.39 is 37.2 Å². The molecular formula is C31H41F9O4S2. The molecule has 1 N–H and O–H groups in total. The van der Waals surface area contributed by atoms with E-state index in [0.29, 0.717) is 30.8 Å². The molecule has 264 valence electrons. The van der Waals surface area contributed by atoms with Crippen molar-refractivity contribution in [2.24, 2.45) is 17.3 Å². The van der Waals surface area contributed by atoms with Crippen molar-refractivity contribution in [3.05, 3.63) is 29.3 Å². The van der Waals surface area contributed by atoms with Crippen molar-refractivity contribution in [3.8, 4) is 5.75 Å². The minimum atomic E-state index is -6.73. The second-order valence-electron chi connectivity index (χ2n) is 12.6. The molecule has 3 aliphatic rings. The second-order valence-corrected chi connectivity index (χ2v) is 15.3. The van der Waals surface area contributed by atoms with Crippen LogP contribution in [0.3, 0.4) is 0 Å². The zero-order valence-electron chi connectivity index (χ0n) is 25.5. The van der Waals surface area contributed by atoms with Gasteiger partial charge in [-0.05, 0) is 104 Å². The van der Waals surface area contributed by atoms with Crippen molar-refractivity contribution in [1.29, 1.82) is 0 Å². The van der Waals surface area contributed by atoms with E-state index in [1.165, 1.54) is 11.1 Å². The Bertz CT molecular complexity index is 1090. The van der Waals surface area contributed by atoms with Crippen molar-refractivity contribution < 1.29 is 58.8 Å². The van der Waals surface area contributed by atoms with E-state index in [-0.39, 0.29) is 24.7 Å². The normalized spacial score (nSPS) is 26.8. The summed E-state index contributed by atoms with van der Waals surface area (Å²) in [6.07, 6.45) is -14.1. The zero-order chi connectivity index (χ0) is 33.8. The van der Waals surface area contributed by atoms with Crippen molar-refractivity contribution >= 4 is 21.6 Å². The predicted octanol–water partition coefficient (Wildman–Crippen LogP) is 9.29. The van der Waals surface area contributed by atoms with Gasteiger partial charge in [-0.1, -0.05) is 34.6 Å². The lowest BCUT2D eigenvalue weighted by Gasteiger charge is -2.50. The fraction of sp³-hybridized carbons (Fsp3) is 0.806. The Labute approximate surface area is 271 Å². The van der Waals surface area contributed by atoms with Gasteiger partial charge >= 0.3 is 24.1 Å². The first-order valence-corrected chi connectivity index (χ1v) is 18.1. The SMILES string of the molecule is C[C@]12CC[C@@H]3c4ccc(OCCSSCCCCO)cc4CC[C@H]3[C@@H]1CC[C@@H]2OCCCOC(C(F)(F)F)(C(F)(F)F)C(F)(F)F. The summed E-state index contributed by atoms with van der Waals surface area (Å²) in [6.45, 7) is 1.21. The smallest absolute Gasteiger partial charge is 0.435 e.